The van der Waals surface area contributed by atoms with E-state index in [0.717, 1.165) is 22.3 Å². The molecule has 2 N–H and O–H groups in total. The molecule has 12 heteroatoms. The van der Waals surface area contributed by atoms with Crippen molar-refractivity contribution in [2.45, 2.75) is 58.8 Å². The van der Waals surface area contributed by atoms with Gasteiger partial charge in [0.05, 0.1) is 45.2 Å². The molecule has 2 aliphatic heterocycles. The lowest BCUT2D eigenvalue weighted by Crippen LogP contribution is -2.44. The summed E-state index contributed by atoms with van der Waals surface area (Å²) in [5.74, 6) is -1.82. The van der Waals surface area contributed by atoms with Gasteiger partial charge in [-0.15, -0.1) is 0 Å². The van der Waals surface area contributed by atoms with E-state index in [1.54, 1.807) is 24.0 Å². The van der Waals surface area contributed by atoms with Crippen LogP contribution in [0.15, 0.2) is 24.3 Å². The highest BCUT2D eigenvalue weighted by molar-refractivity contribution is 5.87. The van der Waals surface area contributed by atoms with E-state index in [4.69, 9.17) is 24.1 Å². The van der Waals surface area contributed by atoms with Gasteiger partial charge in [-0.1, -0.05) is 6.92 Å². The van der Waals surface area contributed by atoms with Crippen LogP contribution in [0.2, 0.25) is 0 Å². The summed E-state index contributed by atoms with van der Waals surface area (Å²) in [6.07, 6.45) is 1.65. The normalized spacial score (nSPS) is 19.0. The summed E-state index contributed by atoms with van der Waals surface area (Å²) in [7, 11) is 3.11. The maximum absolute atomic E-state index is 13.0. The Labute approximate surface area is 255 Å². The Bertz CT molecular complexity index is 1460. The van der Waals surface area contributed by atoms with Crippen molar-refractivity contribution in [3.8, 4) is 23.0 Å². The molecule has 3 atom stereocenters. The second-order valence-corrected chi connectivity index (χ2v) is 11.6. The van der Waals surface area contributed by atoms with E-state index < -0.39 is 29.7 Å². The molecule has 0 spiro atoms. The molecule has 2 amide bonds. The number of carbonyl (C=O) groups excluding carboxylic acids is 2. The van der Waals surface area contributed by atoms with E-state index in [9.17, 15) is 24.3 Å². The van der Waals surface area contributed by atoms with Crippen molar-refractivity contribution in [3.63, 3.8) is 0 Å². The summed E-state index contributed by atoms with van der Waals surface area (Å²) in [5, 5.41) is 18.5. The van der Waals surface area contributed by atoms with Crippen molar-refractivity contribution >= 4 is 23.8 Å². The number of carboxylic acids is 2. The number of methoxy groups -OCH3 is 2. The number of nitrogens with zero attached hydrogens (tertiary/aromatic N) is 2. The lowest BCUT2D eigenvalue weighted by Gasteiger charge is -2.34. The number of fused-ring (bicyclic) bond motifs is 2. The van der Waals surface area contributed by atoms with Crippen LogP contribution in [0.1, 0.15) is 54.9 Å². The van der Waals surface area contributed by atoms with Gasteiger partial charge in [0.25, 0.3) is 0 Å². The number of benzene rings is 2. The molecule has 1 saturated carbocycles. The summed E-state index contributed by atoms with van der Waals surface area (Å²) in [6.45, 7) is 3.80. The van der Waals surface area contributed by atoms with Gasteiger partial charge in [0.1, 0.15) is 0 Å². The topological polar surface area (TPSA) is 152 Å². The molecule has 3 aliphatic rings. The van der Waals surface area contributed by atoms with Crippen LogP contribution in [0, 0.1) is 17.8 Å². The molecule has 0 saturated heterocycles. The minimum Gasteiger partial charge on any atom is -0.493 e. The second kappa shape index (κ2) is 13.0. The molecule has 2 heterocycles. The van der Waals surface area contributed by atoms with Gasteiger partial charge in [-0.3, -0.25) is 19.2 Å². The Balaban J connectivity index is 1.13. The van der Waals surface area contributed by atoms with Crippen molar-refractivity contribution in [2.75, 3.05) is 27.4 Å². The summed E-state index contributed by atoms with van der Waals surface area (Å²) in [6, 6.07) is 7.47. The fraction of sp³-hybridized carbons (Fsp3) is 0.500. The first-order valence-electron chi connectivity index (χ1n) is 14.8. The van der Waals surface area contributed by atoms with E-state index in [-0.39, 0.29) is 18.2 Å². The van der Waals surface area contributed by atoms with E-state index in [2.05, 4.69) is 0 Å². The lowest BCUT2D eigenvalue weighted by molar-refractivity contribution is -0.156. The van der Waals surface area contributed by atoms with E-state index in [0.29, 0.717) is 81.7 Å². The molecule has 44 heavy (non-hydrogen) atoms. The molecule has 0 radical (unpaired) electrons. The summed E-state index contributed by atoms with van der Waals surface area (Å²) >= 11 is 0. The molecule has 0 bridgehead atoms. The van der Waals surface area contributed by atoms with Gasteiger partial charge in [0.15, 0.2) is 23.0 Å². The van der Waals surface area contributed by atoms with Crippen molar-refractivity contribution in [1.29, 1.82) is 0 Å². The molecular formula is C32H38N2O10. The first-order chi connectivity index (χ1) is 21.1. The van der Waals surface area contributed by atoms with Crippen LogP contribution in [0.25, 0.3) is 0 Å². The minimum atomic E-state index is -0.995. The maximum Gasteiger partial charge on any atom is 0.307 e. The molecular weight excluding hydrogens is 572 g/mol. The van der Waals surface area contributed by atoms with Gasteiger partial charge >= 0.3 is 11.9 Å². The Morgan fingerprint density at radius 3 is 1.61 bits per heavy atom. The third kappa shape index (κ3) is 6.39. The second-order valence-electron chi connectivity index (χ2n) is 11.6. The number of carboxylic acid groups (broad SMARTS) is 2. The Kier molecular flexibility index (Phi) is 9.17. The monoisotopic (exact) mass is 610 g/mol. The third-order valence-electron chi connectivity index (χ3n) is 8.70. The van der Waals surface area contributed by atoms with Gasteiger partial charge < -0.3 is 39.0 Å². The molecule has 0 aromatic heterocycles. The predicted molar refractivity (Wildman–Crippen MR) is 155 cm³/mol. The number of ether oxygens (including phenoxy) is 4. The standard InChI is InChI=1S/C32H38N2O10/c1-18(31(37)38)9-29(35)33-14-19-10-25(41-2)27(12-21(19)15-33)43-7-4-8-44-28-13-22-17-34(16-20(22)11-26(28)42-3)30(36)23-5-6-24(23)32(39)40/h10-13,18,23-24H,4-9,14-17H2,1-3H3,(H,37,38)(H,39,40)/t18-,23+,24+/m0/s1. The summed E-state index contributed by atoms with van der Waals surface area (Å²) in [5.41, 5.74) is 3.77. The van der Waals surface area contributed by atoms with Crippen molar-refractivity contribution in [2.24, 2.45) is 17.8 Å². The molecule has 1 fully saturated rings. The highest BCUT2D eigenvalue weighted by Gasteiger charge is 2.44. The van der Waals surface area contributed by atoms with Gasteiger partial charge in [0.2, 0.25) is 11.8 Å². The summed E-state index contributed by atoms with van der Waals surface area (Å²) in [4.78, 5) is 51.5. The molecule has 12 nitrogen and oxygen atoms in total. The largest absolute Gasteiger partial charge is 0.493 e. The number of amides is 2. The Hall–Kier alpha value is -4.48. The van der Waals surface area contributed by atoms with E-state index in [1.165, 1.54) is 6.92 Å². The maximum atomic E-state index is 13.0. The first-order valence-corrected chi connectivity index (χ1v) is 14.8. The number of aliphatic carboxylic acids is 2. The van der Waals surface area contributed by atoms with Gasteiger partial charge in [-0.05, 0) is 59.4 Å². The molecule has 2 aromatic rings. The zero-order valence-electron chi connectivity index (χ0n) is 25.2. The molecule has 2 aromatic carbocycles. The van der Waals surface area contributed by atoms with Gasteiger partial charge in [0, 0.05) is 39.0 Å². The number of hydrogen-bond acceptors (Lipinski definition) is 8. The van der Waals surface area contributed by atoms with Crippen molar-refractivity contribution < 1.29 is 48.3 Å². The zero-order chi connectivity index (χ0) is 31.5. The number of rotatable bonds is 13. The lowest BCUT2D eigenvalue weighted by atomic mass is 9.73. The smallest absolute Gasteiger partial charge is 0.307 e. The van der Waals surface area contributed by atoms with E-state index >= 15 is 0 Å². The minimum absolute atomic E-state index is 0.0527. The highest BCUT2D eigenvalue weighted by atomic mass is 16.5. The third-order valence-corrected chi connectivity index (χ3v) is 8.70. The summed E-state index contributed by atoms with van der Waals surface area (Å²) < 4.78 is 23.1. The SMILES string of the molecule is COc1cc2c(cc1OCCCOc1cc3c(cc1OC)CN(C(=O)[C@@H]1CC[C@H]1C(=O)O)C3)CN(C(=O)C[C@H](C)C(=O)O)C2. The predicted octanol–water partition coefficient (Wildman–Crippen LogP) is 3.46. The van der Waals surface area contributed by atoms with Crippen LogP contribution in [-0.4, -0.2) is 71.2 Å². The molecule has 236 valence electrons. The first kappa shape index (κ1) is 31.0. The van der Waals surface area contributed by atoms with Crippen molar-refractivity contribution in [3.05, 3.63) is 46.5 Å². The molecule has 5 rings (SSSR count). The average Bonchev–Trinajstić information content (AvgIpc) is 3.58. The van der Waals surface area contributed by atoms with E-state index in [1.807, 2.05) is 24.3 Å². The van der Waals surface area contributed by atoms with Crippen LogP contribution >= 0.6 is 0 Å². The van der Waals surface area contributed by atoms with Gasteiger partial charge in [-0.2, -0.15) is 0 Å². The molecule has 1 aliphatic carbocycles. The number of hydrogen-bond donors (Lipinski definition) is 2. The Morgan fingerprint density at radius 2 is 1.20 bits per heavy atom. The van der Waals surface area contributed by atoms with Gasteiger partial charge in [-0.25, -0.2) is 0 Å². The molecule has 0 unspecified atom stereocenters. The fourth-order valence-electron chi connectivity index (χ4n) is 5.92. The number of carbonyl (C=O) groups is 4. The van der Waals surface area contributed by atoms with Crippen LogP contribution in [0.3, 0.4) is 0 Å². The Morgan fingerprint density at radius 1 is 0.750 bits per heavy atom. The quantitative estimate of drug-likeness (QED) is 0.323. The van der Waals surface area contributed by atoms with Crippen LogP contribution < -0.4 is 18.9 Å². The van der Waals surface area contributed by atoms with Crippen LogP contribution in [0.5, 0.6) is 23.0 Å². The van der Waals surface area contributed by atoms with Crippen molar-refractivity contribution in [1.82, 2.24) is 9.80 Å². The highest BCUT2D eigenvalue weighted by Crippen LogP contribution is 2.40. The van der Waals surface area contributed by atoms with Crippen LogP contribution in [-0.2, 0) is 45.4 Å². The zero-order valence-corrected chi connectivity index (χ0v) is 25.2. The van der Waals surface area contributed by atoms with Crippen LogP contribution in [0.4, 0.5) is 0 Å². The fourth-order valence-corrected chi connectivity index (χ4v) is 5.92. The average molecular weight is 611 g/mol.